The first-order valence-electron chi connectivity index (χ1n) is 45.6. The second-order valence-corrected chi connectivity index (χ2v) is 32.0. The Morgan fingerprint density at radius 1 is 0.264 bits per heavy atom. The molecule has 0 saturated carbocycles. The molecule has 0 radical (unpaired) electrons. The van der Waals surface area contributed by atoms with Gasteiger partial charge in [0, 0.05) is 207 Å². The van der Waals surface area contributed by atoms with Gasteiger partial charge in [-0.2, -0.15) is 20.5 Å². The lowest BCUT2D eigenvalue weighted by Gasteiger charge is -1.90. The molecule has 0 aliphatic carbocycles. The van der Waals surface area contributed by atoms with E-state index < -0.39 is 0 Å². The number of hydrogen-bond acceptors (Lipinski definition) is 22. The Kier molecular flexibility index (Phi) is 34.4. The third kappa shape index (κ3) is 28.1. The quantitative estimate of drug-likeness (QED) is 0.0674. The minimum Gasteiger partial charge on any atom is -0.464 e. The summed E-state index contributed by atoms with van der Waals surface area (Å²) in [6.07, 6.45) is 52.3. The Morgan fingerprint density at radius 2 is 0.792 bits per heavy atom. The molecule has 0 atom stereocenters. The molecule has 0 amide bonds. The highest BCUT2D eigenvalue weighted by molar-refractivity contribution is 7.17. The molecule has 28 aromatic rings. The van der Waals surface area contributed by atoms with Gasteiger partial charge in [0.25, 0.3) is 0 Å². The van der Waals surface area contributed by atoms with Crippen molar-refractivity contribution in [1.29, 1.82) is 0 Å². The van der Waals surface area contributed by atoms with E-state index in [4.69, 9.17) is 4.42 Å². The normalized spacial score (nSPS) is 11.1. The van der Waals surface area contributed by atoms with Crippen LogP contribution in [0, 0.1) is 0 Å². The van der Waals surface area contributed by atoms with Crippen molar-refractivity contribution in [2.75, 3.05) is 0 Å². The van der Waals surface area contributed by atoms with E-state index in [0.29, 0.717) is 0 Å². The van der Waals surface area contributed by atoms with E-state index in [1.807, 2.05) is 311 Å². The number of para-hydroxylation sites is 7. The van der Waals surface area contributed by atoms with E-state index in [-0.39, 0.29) is 0 Å². The Balaban J connectivity index is 0.000000105. The number of furan rings is 1. The minimum absolute atomic E-state index is 0.760. The molecule has 32 heteroatoms. The van der Waals surface area contributed by atoms with Crippen molar-refractivity contribution in [1.82, 2.24) is 130 Å². The standard InChI is InChI=1S/C8H7N.C8H6O.C8H6S.10C7H6N2.3C6H5N3/c3*1-2-4-8-7(3-1)5-6-9-8;1-4-9-7-2-3-8-5-6(1)7;1-3-8-5-7-6(1)2-4-9-7;2*1-2-8-4-7-5-9-3-6(1)7;1-2-6-7(8-4-1)3-5-9-6;1-2-6-3-5-9-7(6)8-4-1;2*1-2-6-4-8-5-7(6)9-3-1;1-2-4-7-6(3-1)8-5-9-7;1-2-4-7-6(3-1)5-8-9-7;1-2-7-3-6-5(1)8-4-9-6;1-2-5-6(7-3-1)9-4-8-5;1-2-4-6-5(3-1)7-9-8-6/h1-6,9H;2*1-6H;2*1-5,9H;1-2,4-5H,3H2;1-4H,5H2;1-5,9H;1-5H,(H,8,9);1-3,5H,4H2;1-4H,5H2;2*1-5H,(H,8,9);1-4H,(H,8,9);2*1-4H,(H,7,8,9). The van der Waals surface area contributed by atoms with Gasteiger partial charge in [-0.3, -0.25) is 64.9 Å². The van der Waals surface area contributed by atoms with Crippen LogP contribution in [0.1, 0.15) is 44.8 Å². The topological polar surface area (TPSA) is 427 Å². The third-order valence-corrected chi connectivity index (χ3v) is 22.4. The molecule has 6 aromatic carbocycles. The van der Waals surface area contributed by atoms with Gasteiger partial charge < -0.3 is 44.3 Å². The second-order valence-electron chi connectivity index (χ2n) is 31.1. The van der Waals surface area contributed by atoms with Crippen LogP contribution in [-0.4, -0.2) is 155 Å². The van der Waals surface area contributed by atoms with E-state index >= 15 is 0 Å². The summed E-state index contributed by atoms with van der Waals surface area (Å²) in [6.45, 7) is 3.21. The zero-order chi connectivity index (χ0) is 97.7. The summed E-state index contributed by atoms with van der Waals surface area (Å²) in [4.78, 5) is 92.8. The number of aliphatic imine (C=N–C) groups is 4. The van der Waals surface area contributed by atoms with Crippen LogP contribution in [0.15, 0.2) is 464 Å². The molecule has 22 aromatic heterocycles. The van der Waals surface area contributed by atoms with Crippen molar-refractivity contribution in [3.8, 4) is 0 Å². The van der Waals surface area contributed by atoms with Gasteiger partial charge in [0.05, 0.1) is 131 Å². The minimum atomic E-state index is 0.760. The molecule has 26 heterocycles. The fraction of sp³-hybridized carbons (Fsp3) is 0.0357. The number of thiophene rings is 1. The fourth-order valence-electron chi connectivity index (χ4n) is 14.2. The number of imidazole rings is 3. The number of nitrogens with zero attached hydrogens (tertiary/aromatic N) is 20. The molecule has 4 aliphatic rings. The van der Waals surface area contributed by atoms with Crippen molar-refractivity contribution in [2.45, 2.75) is 26.2 Å². The summed E-state index contributed by atoms with van der Waals surface area (Å²) in [5.74, 6) is 0. The lowest BCUT2D eigenvalue weighted by atomic mass is 10.2. The van der Waals surface area contributed by atoms with Gasteiger partial charge in [0.15, 0.2) is 5.65 Å². The highest BCUT2D eigenvalue weighted by atomic mass is 32.1. The molecule has 32 rings (SSSR count). The van der Waals surface area contributed by atoms with Crippen LogP contribution < -0.4 is 0 Å². The summed E-state index contributed by atoms with van der Waals surface area (Å²) < 4.78 is 6.49. The second kappa shape index (κ2) is 51.8. The van der Waals surface area contributed by atoms with Gasteiger partial charge >= 0.3 is 0 Å². The van der Waals surface area contributed by atoms with Crippen LogP contribution >= 0.6 is 11.3 Å². The predicted molar refractivity (Wildman–Crippen MR) is 577 cm³/mol. The van der Waals surface area contributed by atoms with E-state index in [1.54, 1.807) is 105 Å². The van der Waals surface area contributed by atoms with Crippen LogP contribution in [-0.2, 0) is 26.2 Å². The maximum Gasteiger partial charge on any atom is 0.177 e. The number of H-pyrrole nitrogens is 10. The highest BCUT2D eigenvalue weighted by Gasteiger charge is 2.08. The lowest BCUT2D eigenvalue weighted by molar-refractivity contribution is 0.616. The van der Waals surface area contributed by atoms with Crippen LogP contribution in [0.3, 0.4) is 0 Å². The van der Waals surface area contributed by atoms with Crippen molar-refractivity contribution < 1.29 is 4.42 Å². The molecule has 10 N–H and O–H groups in total. The Bertz CT molecular complexity index is 6810. The van der Waals surface area contributed by atoms with Crippen LogP contribution in [0.2, 0.25) is 0 Å². The average molecular weight is 1910 g/mol. The number of aromatic amines is 10. The maximum absolute atomic E-state index is 5.12. The van der Waals surface area contributed by atoms with Crippen molar-refractivity contribution in [3.63, 3.8) is 0 Å². The zero-order valence-electron chi connectivity index (χ0n) is 77.5. The molecule has 144 heavy (non-hydrogen) atoms. The summed E-state index contributed by atoms with van der Waals surface area (Å²) >= 11 is 1.79. The largest absolute Gasteiger partial charge is 0.464 e. The predicted octanol–water partition coefficient (Wildman–Crippen LogP) is 23.8. The van der Waals surface area contributed by atoms with E-state index in [1.165, 1.54) is 48.6 Å². The average Bonchev–Trinajstić information content (AvgIpc) is 1.91. The number of fused-ring (bicyclic) bond motifs is 16. The number of aromatic nitrogens is 26. The molecule has 0 fully saturated rings. The summed E-state index contributed by atoms with van der Waals surface area (Å²) in [6, 6.07) is 91.8. The van der Waals surface area contributed by atoms with Gasteiger partial charge in [0.1, 0.15) is 22.3 Å². The van der Waals surface area contributed by atoms with Crippen LogP contribution in [0.25, 0.3) is 131 Å². The molecule has 0 unspecified atom stereocenters. The summed E-state index contributed by atoms with van der Waals surface area (Å²) in [7, 11) is 0. The molecule has 0 bridgehead atoms. The van der Waals surface area contributed by atoms with Crippen LogP contribution in [0.4, 0.5) is 0 Å². The van der Waals surface area contributed by atoms with Gasteiger partial charge in [0.2, 0.25) is 0 Å². The van der Waals surface area contributed by atoms with Crippen molar-refractivity contribution in [2.24, 2.45) is 20.0 Å². The van der Waals surface area contributed by atoms with Crippen molar-refractivity contribution in [3.05, 3.63) is 485 Å². The Labute approximate surface area is 827 Å². The SMILES string of the molecule is C1=NCc2cccnc21.C1=NCc2ccncc21.C1=NCc2cnccc21.C1=NCc2ncccc21.c1cc2[nH]ccc2cn1.c1cc2cc[nH]c2cn1.c1cc2nc[nH]c2cn1.c1ccc2[nH]ccc2c1.c1ccc2[nH]cnc2c1.c1ccc2[nH]ncc2c1.c1ccc2n[nH]nc2c1.c1ccc2occc2c1.c1ccc2sccc2c1.c1cnc2[nH]ccc2c1.c1cnc2cc[nH]c2c1.c1cnc2nc[nH]c2c1. The molecule has 0 spiro atoms. The number of hydrogen-bond donors (Lipinski definition) is 10. The maximum atomic E-state index is 5.12. The van der Waals surface area contributed by atoms with Crippen LogP contribution in [0.5, 0.6) is 0 Å². The smallest absolute Gasteiger partial charge is 0.177 e. The number of benzene rings is 6. The van der Waals surface area contributed by atoms with E-state index in [2.05, 4.69) is 210 Å². The summed E-state index contributed by atoms with van der Waals surface area (Å²) in [5, 5.41) is 27.7. The molecule has 704 valence electrons. The van der Waals surface area contributed by atoms with Gasteiger partial charge in [-0.05, 0) is 192 Å². The summed E-state index contributed by atoms with van der Waals surface area (Å²) in [5.41, 5.74) is 25.6. The molecule has 4 aliphatic heterocycles. The zero-order valence-corrected chi connectivity index (χ0v) is 78.3. The van der Waals surface area contributed by atoms with Gasteiger partial charge in [-0.15, -0.1) is 11.3 Å². The first-order chi connectivity index (χ1) is 71.5. The Hall–Kier alpha value is -20.0. The Morgan fingerprint density at radius 3 is 1.56 bits per heavy atom. The first-order valence-corrected chi connectivity index (χ1v) is 46.4. The molecule has 31 nitrogen and oxygen atoms in total. The van der Waals surface area contributed by atoms with Crippen molar-refractivity contribution >= 4 is 167 Å². The third-order valence-electron chi connectivity index (χ3n) is 21.5. The highest BCUT2D eigenvalue weighted by Crippen LogP contribution is 2.22. The van der Waals surface area contributed by atoms with E-state index in [0.717, 1.165) is 153 Å². The van der Waals surface area contributed by atoms with Gasteiger partial charge in [-0.25, -0.2) is 24.9 Å². The molecule has 0 saturated heterocycles. The fourth-order valence-corrected chi connectivity index (χ4v) is 15.0. The molecular formula is C112H94N30OS. The molecular weight excluding hydrogens is 1810 g/mol. The monoisotopic (exact) mass is 1910 g/mol. The lowest BCUT2D eigenvalue weighted by Crippen LogP contribution is -1.85. The van der Waals surface area contributed by atoms with Gasteiger partial charge in [-0.1, -0.05) is 109 Å². The first kappa shape index (κ1) is 95.7. The number of pyridine rings is 10. The number of nitrogens with one attached hydrogen (secondary N) is 10. The van der Waals surface area contributed by atoms with E-state index in [9.17, 15) is 0 Å². The number of rotatable bonds is 0.